The number of rotatable bonds is 3. The van der Waals surface area contributed by atoms with Gasteiger partial charge in [0.1, 0.15) is 5.75 Å². The van der Waals surface area contributed by atoms with Crippen molar-refractivity contribution in [2.24, 2.45) is 11.7 Å². The van der Waals surface area contributed by atoms with Gasteiger partial charge in [0.15, 0.2) is 0 Å². The van der Waals surface area contributed by atoms with Gasteiger partial charge in [-0.2, -0.15) is 0 Å². The SMILES string of the molecule is CC(CN)C(=O)Nc1ccccc1O. The van der Waals surface area contributed by atoms with Crippen LogP contribution in [0.25, 0.3) is 0 Å². The number of phenolic OH excluding ortho intramolecular Hbond substituents is 1. The second-order valence-corrected chi connectivity index (χ2v) is 3.14. The van der Waals surface area contributed by atoms with Crippen molar-refractivity contribution in [1.82, 2.24) is 0 Å². The van der Waals surface area contributed by atoms with Gasteiger partial charge >= 0.3 is 0 Å². The summed E-state index contributed by atoms with van der Waals surface area (Å²) in [7, 11) is 0. The molecule has 1 atom stereocenters. The number of para-hydroxylation sites is 2. The Kier molecular flexibility index (Phi) is 3.48. The maximum Gasteiger partial charge on any atom is 0.228 e. The number of hydrogen-bond donors (Lipinski definition) is 3. The number of hydrogen-bond acceptors (Lipinski definition) is 3. The first-order valence-corrected chi connectivity index (χ1v) is 4.44. The number of carbonyl (C=O) groups is 1. The lowest BCUT2D eigenvalue weighted by molar-refractivity contribution is -0.119. The molecule has 76 valence electrons. The molecule has 1 unspecified atom stereocenters. The zero-order chi connectivity index (χ0) is 10.6. The first kappa shape index (κ1) is 10.5. The number of carbonyl (C=O) groups excluding carboxylic acids is 1. The van der Waals surface area contributed by atoms with Gasteiger partial charge in [0.25, 0.3) is 0 Å². The molecule has 0 aromatic heterocycles. The molecule has 0 saturated carbocycles. The lowest BCUT2D eigenvalue weighted by Gasteiger charge is -2.10. The number of anilines is 1. The first-order valence-electron chi connectivity index (χ1n) is 4.44. The molecule has 0 spiro atoms. The molecule has 1 aromatic rings. The zero-order valence-corrected chi connectivity index (χ0v) is 8.03. The second-order valence-electron chi connectivity index (χ2n) is 3.14. The van der Waals surface area contributed by atoms with E-state index in [-0.39, 0.29) is 17.6 Å². The van der Waals surface area contributed by atoms with Gasteiger partial charge in [0.05, 0.1) is 5.69 Å². The number of nitrogens with one attached hydrogen (secondary N) is 1. The topological polar surface area (TPSA) is 75.4 Å². The smallest absolute Gasteiger partial charge is 0.228 e. The number of amides is 1. The third-order valence-electron chi connectivity index (χ3n) is 1.96. The molecule has 0 saturated heterocycles. The van der Waals surface area contributed by atoms with Crippen LogP contribution in [-0.4, -0.2) is 17.6 Å². The fourth-order valence-corrected chi connectivity index (χ4v) is 0.942. The number of nitrogens with two attached hydrogens (primary N) is 1. The lowest BCUT2D eigenvalue weighted by Crippen LogP contribution is -2.26. The Balaban J connectivity index is 2.70. The highest BCUT2D eigenvalue weighted by Gasteiger charge is 2.11. The highest BCUT2D eigenvalue weighted by molar-refractivity contribution is 5.93. The van der Waals surface area contributed by atoms with Gasteiger partial charge in [0, 0.05) is 12.5 Å². The summed E-state index contributed by atoms with van der Waals surface area (Å²) < 4.78 is 0. The molecule has 0 radical (unpaired) electrons. The van der Waals surface area contributed by atoms with Crippen molar-refractivity contribution in [3.8, 4) is 5.75 Å². The van der Waals surface area contributed by atoms with Crippen LogP contribution >= 0.6 is 0 Å². The predicted molar refractivity (Wildman–Crippen MR) is 55.0 cm³/mol. The van der Waals surface area contributed by atoms with Crippen molar-refractivity contribution in [3.05, 3.63) is 24.3 Å². The third kappa shape index (κ3) is 2.47. The number of phenols is 1. The Morgan fingerprint density at radius 3 is 2.79 bits per heavy atom. The maximum absolute atomic E-state index is 11.4. The molecule has 0 aliphatic heterocycles. The molecule has 0 aliphatic rings. The van der Waals surface area contributed by atoms with E-state index in [9.17, 15) is 9.90 Å². The molecule has 1 amide bonds. The maximum atomic E-state index is 11.4. The molecular weight excluding hydrogens is 180 g/mol. The van der Waals surface area contributed by atoms with Gasteiger partial charge in [-0.1, -0.05) is 19.1 Å². The monoisotopic (exact) mass is 194 g/mol. The summed E-state index contributed by atoms with van der Waals surface area (Å²) in [5, 5.41) is 12.0. The van der Waals surface area contributed by atoms with Gasteiger partial charge < -0.3 is 16.2 Å². The minimum Gasteiger partial charge on any atom is -0.506 e. The Morgan fingerprint density at radius 2 is 2.21 bits per heavy atom. The third-order valence-corrected chi connectivity index (χ3v) is 1.96. The molecule has 14 heavy (non-hydrogen) atoms. The van der Waals surface area contributed by atoms with Gasteiger partial charge in [0.2, 0.25) is 5.91 Å². The molecule has 4 nitrogen and oxygen atoms in total. The van der Waals surface area contributed by atoms with E-state index in [1.54, 1.807) is 25.1 Å². The van der Waals surface area contributed by atoms with Crippen LogP contribution in [0.4, 0.5) is 5.69 Å². The van der Waals surface area contributed by atoms with Crippen molar-refractivity contribution in [3.63, 3.8) is 0 Å². The first-order chi connectivity index (χ1) is 6.65. The normalized spacial score (nSPS) is 12.1. The molecular formula is C10H14N2O2. The lowest BCUT2D eigenvalue weighted by atomic mass is 10.1. The van der Waals surface area contributed by atoms with Gasteiger partial charge in [-0.3, -0.25) is 4.79 Å². The van der Waals surface area contributed by atoms with E-state index in [1.165, 1.54) is 6.07 Å². The van der Waals surface area contributed by atoms with Crippen LogP contribution in [0.15, 0.2) is 24.3 Å². The average Bonchev–Trinajstić information content (AvgIpc) is 2.20. The largest absolute Gasteiger partial charge is 0.506 e. The van der Waals surface area contributed by atoms with Crippen LogP contribution in [-0.2, 0) is 4.79 Å². The van der Waals surface area contributed by atoms with Crippen molar-refractivity contribution in [2.75, 3.05) is 11.9 Å². The summed E-state index contributed by atoms with van der Waals surface area (Å²) in [5.41, 5.74) is 5.76. The highest BCUT2D eigenvalue weighted by atomic mass is 16.3. The zero-order valence-electron chi connectivity index (χ0n) is 8.03. The van der Waals surface area contributed by atoms with Crippen molar-refractivity contribution < 1.29 is 9.90 Å². The molecule has 4 heteroatoms. The summed E-state index contributed by atoms with van der Waals surface area (Å²) in [4.78, 5) is 11.4. The Morgan fingerprint density at radius 1 is 1.57 bits per heavy atom. The Bertz CT molecular complexity index is 326. The van der Waals surface area contributed by atoms with Crippen LogP contribution in [0.5, 0.6) is 5.75 Å². The summed E-state index contributed by atoms with van der Waals surface area (Å²) in [6.07, 6.45) is 0. The van der Waals surface area contributed by atoms with Crippen LogP contribution < -0.4 is 11.1 Å². The Hall–Kier alpha value is -1.55. The molecule has 4 N–H and O–H groups in total. The quantitative estimate of drug-likeness (QED) is 0.626. The van der Waals surface area contributed by atoms with E-state index in [4.69, 9.17) is 5.73 Å². The molecule has 0 aliphatic carbocycles. The molecule has 1 rings (SSSR count). The number of aromatic hydroxyl groups is 1. The van der Waals surface area contributed by atoms with E-state index in [2.05, 4.69) is 5.32 Å². The molecule has 0 bridgehead atoms. The van der Waals surface area contributed by atoms with Gasteiger partial charge in [-0.15, -0.1) is 0 Å². The van der Waals surface area contributed by atoms with Crippen LogP contribution in [0.3, 0.4) is 0 Å². The van der Waals surface area contributed by atoms with E-state index >= 15 is 0 Å². The molecule has 0 heterocycles. The average molecular weight is 194 g/mol. The summed E-state index contributed by atoms with van der Waals surface area (Å²) in [6, 6.07) is 6.58. The fraction of sp³-hybridized carbons (Fsp3) is 0.300. The number of benzene rings is 1. The van der Waals surface area contributed by atoms with E-state index in [1.807, 2.05) is 0 Å². The van der Waals surface area contributed by atoms with Gasteiger partial charge in [-0.05, 0) is 12.1 Å². The van der Waals surface area contributed by atoms with E-state index in [0.29, 0.717) is 12.2 Å². The van der Waals surface area contributed by atoms with Gasteiger partial charge in [-0.25, -0.2) is 0 Å². The summed E-state index contributed by atoms with van der Waals surface area (Å²) in [6.45, 7) is 2.02. The van der Waals surface area contributed by atoms with Crippen molar-refractivity contribution in [1.29, 1.82) is 0 Å². The standard InChI is InChI=1S/C10H14N2O2/c1-7(6-11)10(14)12-8-4-2-3-5-9(8)13/h2-5,7,13H,6,11H2,1H3,(H,12,14). The van der Waals surface area contributed by atoms with Crippen LogP contribution in [0.1, 0.15) is 6.92 Å². The minimum atomic E-state index is -0.255. The van der Waals surface area contributed by atoms with E-state index in [0.717, 1.165) is 0 Å². The molecule has 0 fully saturated rings. The van der Waals surface area contributed by atoms with E-state index < -0.39 is 0 Å². The summed E-state index contributed by atoms with van der Waals surface area (Å²) >= 11 is 0. The van der Waals surface area contributed by atoms with Crippen LogP contribution in [0.2, 0.25) is 0 Å². The predicted octanol–water partition coefficient (Wildman–Crippen LogP) is 0.925. The van der Waals surface area contributed by atoms with Crippen LogP contribution in [0, 0.1) is 5.92 Å². The Labute approximate surface area is 82.7 Å². The highest BCUT2D eigenvalue weighted by Crippen LogP contribution is 2.21. The fourth-order valence-electron chi connectivity index (χ4n) is 0.942. The molecule has 1 aromatic carbocycles. The second kappa shape index (κ2) is 4.62. The van der Waals surface area contributed by atoms with Crippen molar-refractivity contribution >= 4 is 11.6 Å². The van der Waals surface area contributed by atoms with Crippen molar-refractivity contribution in [2.45, 2.75) is 6.92 Å². The minimum absolute atomic E-state index is 0.0603. The summed E-state index contributed by atoms with van der Waals surface area (Å²) in [5.74, 6) is -0.381.